The topological polar surface area (TPSA) is 46.5 Å². The second-order valence-corrected chi connectivity index (χ2v) is 2.97. The van der Waals surface area contributed by atoms with Gasteiger partial charge in [-0.15, -0.1) is 0 Å². The molecular weight excluding hydrogens is 168 g/mol. The lowest BCUT2D eigenvalue weighted by molar-refractivity contribution is -0.147. The number of carbonyl (C=O) groups is 1. The number of allylic oxidation sites excluding steroid dienone is 1. The highest BCUT2D eigenvalue weighted by atomic mass is 16.5. The summed E-state index contributed by atoms with van der Waals surface area (Å²) in [6.45, 7) is 5.71. The summed E-state index contributed by atoms with van der Waals surface area (Å²) in [5.74, 6) is -0.470. The van der Waals surface area contributed by atoms with Gasteiger partial charge in [0, 0.05) is 0 Å². The standard InChI is InChI=1S/C10H18O3/c1-4-5-8(2)9(3)10(12)13-7-6-11/h5,9,11H,4,6-7H2,1-3H3. The molecule has 0 aromatic heterocycles. The fourth-order valence-corrected chi connectivity index (χ4v) is 0.956. The van der Waals surface area contributed by atoms with E-state index in [9.17, 15) is 4.79 Å². The maximum absolute atomic E-state index is 11.2. The van der Waals surface area contributed by atoms with Gasteiger partial charge in [0.25, 0.3) is 0 Å². The molecule has 0 saturated carbocycles. The molecule has 1 N–H and O–H groups in total. The SMILES string of the molecule is CCC=C(C)C(C)C(=O)OCCO. The Morgan fingerprint density at radius 2 is 2.23 bits per heavy atom. The highest BCUT2D eigenvalue weighted by molar-refractivity contribution is 5.75. The van der Waals surface area contributed by atoms with Gasteiger partial charge in [-0.3, -0.25) is 4.79 Å². The van der Waals surface area contributed by atoms with Crippen molar-refractivity contribution in [2.45, 2.75) is 27.2 Å². The lowest BCUT2D eigenvalue weighted by Crippen LogP contribution is -2.17. The smallest absolute Gasteiger partial charge is 0.312 e. The zero-order valence-corrected chi connectivity index (χ0v) is 8.54. The Hall–Kier alpha value is -0.830. The summed E-state index contributed by atoms with van der Waals surface area (Å²) in [7, 11) is 0. The number of hydrogen-bond acceptors (Lipinski definition) is 3. The minimum atomic E-state index is -0.267. The van der Waals surface area contributed by atoms with Crippen molar-refractivity contribution in [1.29, 1.82) is 0 Å². The quantitative estimate of drug-likeness (QED) is 0.523. The van der Waals surface area contributed by atoms with Gasteiger partial charge in [0.15, 0.2) is 0 Å². The normalized spacial score (nSPS) is 14.0. The first-order valence-electron chi connectivity index (χ1n) is 4.57. The van der Waals surface area contributed by atoms with Crippen LogP contribution >= 0.6 is 0 Å². The Morgan fingerprint density at radius 1 is 1.62 bits per heavy atom. The van der Waals surface area contributed by atoms with E-state index in [2.05, 4.69) is 0 Å². The fourth-order valence-electron chi connectivity index (χ4n) is 0.956. The molecule has 0 bridgehead atoms. The molecule has 0 aliphatic rings. The van der Waals surface area contributed by atoms with Crippen LogP contribution < -0.4 is 0 Å². The lowest BCUT2D eigenvalue weighted by atomic mass is 10.0. The first-order valence-corrected chi connectivity index (χ1v) is 4.57. The molecule has 13 heavy (non-hydrogen) atoms. The fraction of sp³-hybridized carbons (Fsp3) is 0.700. The molecule has 0 saturated heterocycles. The van der Waals surface area contributed by atoms with Gasteiger partial charge in [-0.25, -0.2) is 0 Å². The number of ether oxygens (including phenoxy) is 1. The van der Waals surface area contributed by atoms with Crippen molar-refractivity contribution in [3.63, 3.8) is 0 Å². The van der Waals surface area contributed by atoms with Crippen molar-refractivity contribution in [1.82, 2.24) is 0 Å². The van der Waals surface area contributed by atoms with Crippen LogP contribution in [0.4, 0.5) is 0 Å². The largest absolute Gasteiger partial charge is 0.463 e. The molecule has 0 amide bonds. The van der Waals surface area contributed by atoms with Crippen LogP contribution in [-0.4, -0.2) is 24.3 Å². The van der Waals surface area contributed by atoms with Crippen molar-refractivity contribution < 1.29 is 14.6 Å². The Morgan fingerprint density at radius 3 is 2.69 bits per heavy atom. The van der Waals surface area contributed by atoms with E-state index < -0.39 is 0 Å². The molecule has 3 heteroatoms. The molecule has 0 aromatic rings. The average Bonchev–Trinajstić information content (AvgIpc) is 2.13. The molecule has 0 aromatic carbocycles. The van der Waals surface area contributed by atoms with Gasteiger partial charge in [-0.05, 0) is 20.3 Å². The first-order chi connectivity index (χ1) is 6.13. The van der Waals surface area contributed by atoms with Gasteiger partial charge in [0.2, 0.25) is 0 Å². The summed E-state index contributed by atoms with van der Waals surface area (Å²) < 4.78 is 4.79. The summed E-state index contributed by atoms with van der Waals surface area (Å²) in [6.07, 6.45) is 2.92. The number of hydrogen-bond donors (Lipinski definition) is 1. The van der Waals surface area contributed by atoms with E-state index in [1.807, 2.05) is 19.9 Å². The summed E-state index contributed by atoms with van der Waals surface area (Å²) in [5, 5.41) is 8.45. The van der Waals surface area contributed by atoms with Crippen molar-refractivity contribution >= 4 is 5.97 Å². The van der Waals surface area contributed by atoms with Crippen molar-refractivity contribution in [2.24, 2.45) is 5.92 Å². The molecule has 3 nitrogen and oxygen atoms in total. The zero-order chi connectivity index (χ0) is 10.3. The van der Waals surface area contributed by atoms with Crippen molar-refractivity contribution in [3.8, 4) is 0 Å². The number of esters is 1. The van der Waals surface area contributed by atoms with E-state index in [0.717, 1.165) is 12.0 Å². The van der Waals surface area contributed by atoms with Gasteiger partial charge < -0.3 is 9.84 Å². The summed E-state index contributed by atoms with van der Waals surface area (Å²) >= 11 is 0. The monoisotopic (exact) mass is 186 g/mol. The molecule has 0 heterocycles. The number of carbonyl (C=O) groups excluding carboxylic acids is 1. The molecule has 1 atom stereocenters. The lowest BCUT2D eigenvalue weighted by Gasteiger charge is -2.10. The number of aliphatic hydroxyl groups is 1. The third kappa shape index (κ3) is 4.68. The summed E-state index contributed by atoms with van der Waals surface area (Å²) in [5.41, 5.74) is 1.02. The van der Waals surface area contributed by atoms with E-state index in [1.165, 1.54) is 0 Å². The van der Waals surface area contributed by atoms with E-state index >= 15 is 0 Å². The molecule has 1 unspecified atom stereocenters. The third-order valence-electron chi connectivity index (χ3n) is 1.90. The van der Waals surface area contributed by atoms with Gasteiger partial charge in [-0.2, -0.15) is 0 Å². The third-order valence-corrected chi connectivity index (χ3v) is 1.90. The Bertz CT molecular complexity index is 185. The van der Waals surface area contributed by atoms with E-state index in [4.69, 9.17) is 9.84 Å². The van der Waals surface area contributed by atoms with Gasteiger partial charge >= 0.3 is 5.97 Å². The predicted octanol–water partition coefficient (Wildman–Crippen LogP) is 1.51. The summed E-state index contributed by atoms with van der Waals surface area (Å²) in [4.78, 5) is 11.2. The molecule has 0 rings (SSSR count). The minimum absolute atomic E-state index is 0.0859. The molecule has 0 radical (unpaired) electrons. The first kappa shape index (κ1) is 12.2. The Kier molecular flexibility index (Phi) is 6.24. The van der Waals surface area contributed by atoms with E-state index in [1.54, 1.807) is 6.92 Å². The maximum atomic E-state index is 11.2. The van der Waals surface area contributed by atoms with Crippen LogP contribution in [0.3, 0.4) is 0 Å². The Balaban J connectivity index is 4.01. The molecule has 0 aliphatic heterocycles. The number of aliphatic hydroxyl groups excluding tert-OH is 1. The van der Waals surface area contributed by atoms with E-state index in [0.29, 0.717) is 0 Å². The zero-order valence-electron chi connectivity index (χ0n) is 8.54. The van der Waals surface area contributed by atoms with E-state index in [-0.39, 0.29) is 25.1 Å². The summed E-state index contributed by atoms with van der Waals surface area (Å²) in [6, 6.07) is 0. The molecule has 0 spiro atoms. The van der Waals surface area contributed by atoms with Crippen LogP contribution in [-0.2, 0) is 9.53 Å². The highest BCUT2D eigenvalue weighted by Crippen LogP contribution is 2.11. The van der Waals surface area contributed by atoms with Crippen LogP contribution in [0.5, 0.6) is 0 Å². The van der Waals surface area contributed by atoms with Crippen LogP contribution in [0, 0.1) is 5.92 Å². The van der Waals surface area contributed by atoms with Crippen LogP contribution in [0.2, 0.25) is 0 Å². The molecule has 0 fully saturated rings. The van der Waals surface area contributed by atoms with Crippen LogP contribution in [0.15, 0.2) is 11.6 Å². The van der Waals surface area contributed by atoms with Crippen molar-refractivity contribution in [2.75, 3.05) is 13.2 Å². The Labute approximate surface area is 79.4 Å². The molecular formula is C10H18O3. The van der Waals surface area contributed by atoms with Gasteiger partial charge in [-0.1, -0.05) is 18.6 Å². The number of rotatable bonds is 5. The second-order valence-electron chi connectivity index (χ2n) is 2.97. The predicted molar refractivity (Wildman–Crippen MR) is 51.3 cm³/mol. The minimum Gasteiger partial charge on any atom is -0.463 e. The molecule has 76 valence electrons. The average molecular weight is 186 g/mol. The maximum Gasteiger partial charge on any atom is 0.312 e. The second kappa shape index (κ2) is 6.66. The molecule has 0 aliphatic carbocycles. The van der Waals surface area contributed by atoms with Crippen LogP contribution in [0.25, 0.3) is 0 Å². The van der Waals surface area contributed by atoms with Crippen LogP contribution in [0.1, 0.15) is 27.2 Å². The highest BCUT2D eigenvalue weighted by Gasteiger charge is 2.15. The van der Waals surface area contributed by atoms with Crippen molar-refractivity contribution in [3.05, 3.63) is 11.6 Å². The van der Waals surface area contributed by atoms with Gasteiger partial charge in [0.1, 0.15) is 6.61 Å². The van der Waals surface area contributed by atoms with Gasteiger partial charge in [0.05, 0.1) is 12.5 Å².